The van der Waals surface area contributed by atoms with Crippen LogP contribution in [0.15, 0.2) is 5.38 Å². The van der Waals surface area contributed by atoms with Crippen molar-refractivity contribution in [1.82, 2.24) is 9.88 Å². The Hall–Kier alpha value is -0.820. The van der Waals surface area contributed by atoms with Crippen LogP contribution in [-0.2, 0) is 6.18 Å². The van der Waals surface area contributed by atoms with Crippen molar-refractivity contribution in [2.75, 3.05) is 31.6 Å². The van der Waals surface area contributed by atoms with E-state index in [4.69, 9.17) is 0 Å². The molecule has 2 aliphatic heterocycles. The van der Waals surface area contributed by atoms with Gasteiger partial charge in [0.05, 0.1) is 0 Å². The molecular formula is C13H18F3N3S. The fraction of sp³-hybridized carbons (Fsp3) is 0.769. The number of likely N-dealkylation sites (tertiary alicyclic amines) is 1. The van der Waals surface area contributed by atoms with Gasteiger partial charge in [0.1, 0.15) is 0 Å². The standard InChI is InChI=1S/C13H18F3N3S/c1-18-6-4-10-9(7-18)3-2-5-19(10)12-17-11(8-20-12)13(14,15)16/h8-10H,2-7H2,1H3. The van der Waals surface area contributed by atoms with Crippen molar-refractivity contribution in [3.8, 4) is 0 Å². The van der Waals surface area contributed by atoms with Gasteiger partial charge in [-0.1, -0.05) is 0 Å². The van der Waals surface area contributed by atoms with Crippen molar-refractivity contribution >= 4 is 16.5 Å². The Morgan fingerprint density at radius 1 is 1.30 bits per heavy atom. The molecule has 0 N–H and O–H groups in total. The van der Waals surface area contributed by atoms with Crippen LogP contribution in [0, 0.1) is 5.92 Å². The highest BCUT2D eigenvalue weighted by Crippen LogP contribution is 2.38. The smallest absolute Gasteiger partial charge is 0.345 e. The average Bonchev–Trinajstić information content (AvgIpc) is 2.87. The third kappa shape index (κ3) is 2.65. The number of anilines is 1. The fourth-order valence-corrected chi connectivity index (χ4v) is 4.27. The van der Waals surface area contributed by atoms with Crippen LogP contribution in [0.1, 0.15) is 25.0 Å². The monoisotopic (exact) mass is 305 g/mol. The Kier molecular flexibility index (Phi) is 3.66. The van der Waals surface area contributed by atoms with Gasteiger partial charge in [-0.3, -0.25) is 0 Å². The van der Waals surface area contributed by atoms with E-state index < -0.39 is 11.9 Å². The molecule has 3 rings (SSSR count). The van der Waals surface area contributed by atoms with Crippen LogP contribution in [-0.4, -0.2) is 42.6 Å². The predicted molar refractivity (Wildman–Crippen MR) is 73.1 cm³/mol. The van der Waals surface area contributed by atoms with Gasteiger partial charge < -0.3 is 9.80 Å². The summed E-state index contributed by atoms with van der Waals surface area (Å²) in [5, 5.41) is 1.67. The summed E-state index contributed by atoms with van der Waals surface area (Å²) < 4.78 is 38.0. The highest BCUT2D eigenvalue weighted by Gasteiger charge is 2.38. The van der Waals surface area contributed by atoms with Crippen LogP contribution in [0.25, 0.3) is 0 Å². The summed E-state index contributed by atoms with van der Waals surface area (Å²) >= 11 is 1.12. The van der Waals surface area contributed by atoms with E-state index in [9.17, 15) is 13.2 Å². The van der Waals surface area contributed by atoms with Gasteiger partial charge in [0, 0.05) is 24.5 Å². The maximum Gasteiger partial charge on any atom is 0.434 e. The number of nitrogens with zero attached hydrogens (tertiary/aromatic N) is 3. The van der Waals surface area contributed by atoms with Crippen LogP contribution in [0.3, 0.4) is 0 Å². The summed E-state index contributed by atoms with van der Waals surface area (Å²) in [6.45, 7) is 2.88. The van der Waals surface area contributed by atoms with Crippen LogP contribution in [0.4, 0.5) is 18.3 Å². The molecule has 1 aromatic rings. The molecule has 7 heteroatoms. The zero-order valence-electron chi connectivity index (χ0n) is 11.4. The van der Waals surface area contributed by atoms with Crippen LogP contribution in [0.2, 0.25) is 0 Å². The second kappa shape index (κ2) is 5.18. The van der Waals surface area contributed by atoms with Crippen molar-refractivity contribution in [3.05, 3.63) is 11.1 Å². The van der Waals surface area contributed by atoms with Gasteiger partial charge >= 0.3 is 6.18 Å². The van der Waals surface area contributed by atoms with Crippen molar-refractivity contribution in [2.24, 2.45) is 5.92 Å². The van der Waals surface area contributed by atoms with Gasteiger partial charge in [-0.25, -0.2) is 4.98 Å². The Bertz CT molecular complexity index is 474. The second-order valence-electron chi connectivity index (χ2n) is 5.73. The van der Waals surface area contributed by atoms with Gasteiger partial charge in [-0.2, -0.15) is 13.2 Å². The number of halogens is 3. The Morgan fingerprint density at radius 2 is 2.10 bits per heavy atom. The molecule has 20 heavy (non-hydrogen) atoms. The van der Waals surface area contributed by atoms with E-state index in [0.717, 1.165) is 49.2 Å². The molecule has 0 bridgehead atoms. The number of piperidine rings is 2. The first kappa shape index (κ1) is 14.1. The molecule has 0 radical (unpaired) electrons. The Morgan fingerprint density at radius 3 is 2.80 bits per heavy atom. The number of fused-ring (bicyclic) bond motifs is 1. The summed E-state index contributed by atoms with van der Waals surface area (Å²) in [5.74, 6) is 0.556. The molecule has 3 nitrogen and oxygen atoms in total. The van der Waals surface area contributed by atoms with Gasteiger partial charge in [0.25, 0.3) is 0 Å². The zero-order valence-corrected chi connectivity index (χ0v) is 12.2. The van der Waals surface area contributed by atoms with E-state index in [-0.39, 0.29) is 0 Å². The first-order valence-electron chi connectivity index (χ1n) is 6.93. The predicted octanol–water partition coefficient (Wildman–Crippen LogP) is 3.08. The fourth-order valence-electron chi connectivity index (χ4n) is 3.35. The molecule has 0 amide bonds. The first-order chi connectivity index (χ1) is 9.45. The van der Waals surface area contributed by atoms with Gasteiger partial charge in [0.15, 0.2) is 10.8 Å². The number of hydrogen-bond donors (Lipinski definition) is 0. The Labute approximate surface area is 120 Å². The molecule has 1 aromatic heterocycles. The number of alkyl halides is 3. The molecule has 0 aromatic carbocycles. The van der Waals surface area contributed by atoms with Crippen LogP contribution >= 0.6 is 11.3 Å². The second-order valence-corrected chi connectivity index (χ2v) is 6.56. The third-order valence-corrected chi connectivity index (χ3v) is 5.18. The molecule has 2 unspecified atom stereocenters. The number of thiazole rings is 1. The van der Waals surface area contributed by atoms with E-state index in [1.165, 1.54) is 6.42 Å². The summed E-state index contributed by atoms with van der Waals surface area (Å²) in [6, 6.07) is 0.354. The van der Waals surface area contributed by atoms with E-state index in [1.54, 1.807) is 0 Å². The maximum atomic E-state index is 12.7. The van der Waals surface area contributed by atoms with Crippen molar-refractivity contribution in [3.63, 3.8) is 0 Å². The van der Waals surface area contributed by atoms with Crippen LogP contribution < -0.4 is 4.90 Å². The van der Waals surface area contributed by atoms with E-state index in [0.29, 0.717) is 17.1 Å². The number of hydrogen-bond acceptors (Lipinski definition) is 4. The normalized spacial score (nSPS) is 28.5. The van der Waals surface area contributed by atoms with E-state index in [2.05, 4.69) is 21.8 Å². The van der Waals surface area contributed by atoms with Gasteiger partial charge in [0.2, 0.25) is 0 Å². The highest BCUT2D eigenvalue weighted by atomic mass is 32.1. The lowest BCUT2D eigenvalue weighted by atomic mass is 9.84. The van der Waals surface area contributed by atoms with Crippen molar-refractivity contribution in [1.29, 1.82) is 0 Å². The third-order valence-electron chi connectivity index (χ3n) is 4.30. The summed E-state index contributed by atoms with van der Waals surface area (Å²) in [5.41, 5.74) is -0.757. The molecule has 0 saturated carbocycles. The number of rotatable bonds is 1. The lowest BCUT2D eigenvalue weighted by Gasteiger charge is -2.46. The summed E-state index contributed by atoms with van der Waals surface area (Å²) in [7, 11) is 2.11. The molecule has 3 heterocycles. The minimum atomic E-state index is -4.34. The summed E-state index contributed by atoms with van der Waals surface area (Å²) in [6.07, 6.45) is -1.11. The lowest BCUT2D eigenvalue weighted by Crippen LogP contribution is -2.53. The number of aromatic nitrogens is 1. The quantitative estimate of drug-likeness (QED) is 0.795. The molecule has 2 atom stereocenters. The minimum absolute atomic E-state index is 0.354. The molecular weight excluding hydrogens is 287 g/mol. The Balaban J connectivity index is 1.80. The maximum absolute atomic E-state index is 12.7. The molecule has 112 valence electrons. The molecule has 0 aliphatic carbocycles. The van der Waals surface area contributed by atoms with Gasteiger partial charge in [-0.05, 0) is 38.8 Å². The molecule has 2 fully saturated rings. The van der Waals surface area contributed by atoms with E-state index in [1.807, 2.05) is 0 Å². The minimum Gasteiger partial charge on any atom is -0.345 e. The summed E-state index contributed by atoms with van der Waals surface area (Å²) in [4.78, 5) is 8.25. The van der Waals surface area contributed by atoms with Crippen molar-refractivity contribution in [2.45, 2.75) is 31.5 Å². The lowest BCUT2D eigenvalue weighted by molar-refractivity contribution is -0.140. The van der Waals surface area contributed by atoms with Crippen molar-refractivity contribution < 1.29 is 13.2 Å². The average molecular weight is 305 g/mol. The SMILES string of the molecule is CN1CCC2C(CCCN2c2nc(C(F)(F)F)cs2)C1. The molecule has 2 aliphatic rings. The highest BCUT2D eigenvalue weighted by molar-refractivity contribution is 7.13. The van der Waals surface area contributed by atoms with Gasteiger partial charge in [-0.15, -0.1) is 11.3 Å². The topological polar surface area (TPSA) is 19.4 Å². The van der Waals surface area contributed by atoms with Crippen LogP contribution in [0.5, 0.6) is 0 Å². The largest absolute Gasteiger partial charge is 0.434 e. The molecule has 2 saturated heterocycles. The first-order valence-corrected chi connectivity index (χ1v) is 7.81. The molecule has 0 spiro atoms. The zero-order chi connectivity index (χ0) is 14.3. The van der Waals surface area contributed by atoms with E-state index >= 15 is 0 Å².